The molecule has 1 aromatic heterocycles. The average molecular weight is 305 g/mol. The van der Waals surface area contributed by atoms with Crippen LogP contribution in [0.1, 0.15) is 22.0 Å². The van der Waals surface area contributed by atoms with Crippen LogP contribution >= 0.6 is 11.6 Å². The smallest absolute Gasteiger partial charge is 0.416 e. The van der Waals surface area contributed by atoms with Gasteiger partial charge < -0.3 is 9.73 Å². The molecule has 0 aliphatic carbocycles. The number of amides is 1. The van der Waals surface area contributed by atoms with Crippen LogP contribution in [-0.2, 0) is 6.18 Å². The fourth-order valence-electron chi connectivity index (χ4n) is 1.43. The van der Waals surface area contributed by atoms with Gasteiger partial charge in [-0.2, -0.15) is 13.2 Å². The zero-order valence-electron chi connectivity index (χ0n) is 10.1. The number of hydrogen-bond acceptors (Lipinski definition) is 3. The number of hydrogen-bond donors (Lipinski definition) is 1. The van der Waals surface area contributed by atoms with Crippen molar-refractivity contribution in [3.8, 4) is 0 Å². The van der Waals surface area contributed by atoms with Crippen molar-refractivity contribution in [3.63, 3.8) is 0 Å². The molecular formula is C12H8ClF3N2O2. The second kappa shape index (κ2) is 5.16. The number of nitrogens with one attached hydrogen (secondary N) is 1. The molecule has 4 nitrogen and oxygen atoms in total. The number of rotatable bonds is 2. The van der Waals surface area contributed by atoms with Crippen molar-refractivity contribution < 1.29 is 22.4 Å². The lowest BCUT2D eigenvalue weighted by atomic mass is 10.2. The Hall–Kier alpha value is -2.02. The van der Waals surface area contributed by atoms with Crippen LogP contribution in [-0.4, -0.2) is 10.9 Å². The van der Waals surface area contributed by atoms with Crippen LogP contribution in [0.4, 0.5) is 18.9 Å². The SMILES string of the molecule is Cc1cnc(C(=O)Nc2cc(C(F)(F)F)ccc2Cl)o1. The maximum absolute atomic E-state index is 12.6. The number of carbonyl (C=O) groups is 1. The van der Waals surface area contributed by atoms with E-state index < -0.39 is 17.6 Å². The molecule has 106 valence electrons. The first-order valence-corrected chi connectivity index (χ1v) is 5.75. The van der Waals surface area contributed by atoms with Crippen LogP contribution in [0.15, 0.2) is 28.8 Å². The third-order valence-corrected chi connectivity index (χ3v) is 2.69. The van der Waals surface area contributed by atoms with E-state index in [2.05, 4.69) is 10.3 Å². The summed E-state index contributed by atoms with van der Waals surface area (Å²) in [6.07, 6.45) is -3.20. The normalized spacial score (nSPS) is 11.4. The second-order valence-corrected chi connectivity index (χ2v) is 4.33. The highest BCUT2D eigenvalue weighted by Crippen LogP contribution is 2.33. The molecular weight excluding hydrogens is 297 g/mol. The number of oxazole rings is 1. The predicted octanol–water partition coefficient (Wildman–Crippen LogP) is 3.91. The van der Waals surface area contributed by atoms with E-state index in [0.29, 0.717) is 5.76 Å². The summed E-state index contributed by atoms with van der Waals surface area (Å²) in [6, 6.07) is 2.63. The highest BCUT2D eigenvalue weighted by Gasteiger charge is 2.31. The predicted molar refractivity (Wildman–Crippen MR) is 65.6 cm³/mol. The molecule has 1 heterocycles. The Balaban J connectivity index is 2.27. The van der Waals surface area contributed by atoms with Gasteiger partial charge in [-0.1, -0.05) is 11.6 Å². The Morgan fingerprint density at radius 3 is 2.65 bits per heavy atom. The maximum Gasteiger partial charge on any atom is 0.416 e. The Morgan fingerprint density at radius 1 is 1.40 bits per heavy atom. The van der Waals surface area contributed by atoms with Crippen molar-refractivity contribution in [3.05, 3.63) is 46.6 Å². The number of aromatic nitrogens is 1. The van der Waals surface area contributed by atoms with Crippen LogP contribution in [0.5, 0.6) is 0 Å². The molecule has 1 N–H and O–H groups in total. The van der Waals surface area contributed by atoms with Gasteiger partial charge in [0.1, 0.15) is 5.76 Å². The summed E-state index contributed by atoms with van der Waals surface area (Å²) in [5, 5.41) is 2.21. The molecule has 2 aromatic rings. The summed E-state index contributed by atoms with van der Waals surface area (Å²) >= 11 is 5.75. The highest BCUT2D eigenvalue weighted by atomic mass is 35.5. The molecule has 1 amide bonds. The number of alkyl halides is 3. The fraction of sp³-hybridized carbons (Fsp3) is 0.167. The van der Waals surface area contributed by atoms with Crippen molar-refractivity contribution in [2.75, 3.05) is 5.32 Å². The van der Waals surface area contributed by atoms with E-state index in [4.69, 9.17) is 16.0 Å². The average Bonchev–Trinajstić information content (AvgIpc) is 2.77. The van der Waals surface area contributed by atoms with Gasteiger partial charge in [-0.15, -0.1) is 0 Å². The Bertz CT molecular complexity index is 652. The number of carbonyl (C=O) groups excluding carboxylic acids is 1. The van der Waals surface area contributed by atoms with Crippen LogP contribution in [0.3, 0.4) is 0 Å². The Labute approximate surface area is 116 Å². The first kappa shape index (κ1) is 14.4. The van der Waals surface area contributed by atoms with E-state index >= 15 is 0 Å². The number of aryl methyl sites for hydroxylation is 1. The van der Waals surface area contributed by atoms with Crippen molar-refractivity contribution in [1.82, 2.24) is 4.98 Å². The van der Waals surface area contributed by atoms with Crippen molar-refractivity contribution in [1.29, 1.82) is 0 Å². The molecule has 0 saturated carbocycles. The zero-order valence-corrected chi connectivity index (χ0v) is 10.8. The van der Waals surface area contributed by atoms with Crippen LogP contribution in [0, 0.1) is 6.92 Å². The molecule has 8 heteroatoms. The standard InChI is InChI=1S/C12H8ClF3N2O2/c1-6-5-17-11(20-6)10(19)18-9-4-7(12(14,15)16)2-3-8(9)13/h2-5H,1H3,(H,18,19). The van der Waals surface area contributed by atoms with E-state index in [1.54, 1.807) is 6.92 Å². The topological polar surface area (TPSA) is 55.1 Å². The van der Waals surface area contributed by atoms with E-state index in [1.165, 1.54) is 6.20 Å². The van der Waals surface area contributed by atoms with E-state index in [0.717, 1.165) is 18.2 Å². The van der Waals surface area contributed by atoms with Crippen molar-refractivity contribution in [2.45, 2.75) is 13.1 Å². The first-order chi connectivity index (χ1) is 9.27. The summed E-state index contributed by atoms with van der Waals surface area (Å²) in [4.78, 5) is 15.4. The minimum atomic E-state index is -4.52. The van der Waals surface area contributed by atoms with Gasteiger partial charge >= 0.3 is 12.1 Å². The number of benzene rings is 1. The van der Waals surface area contributed by atoms with Gasteiger partial charge in [-0.3, -0.25) is 4.79 Å². The summed E-state index contributed by atoms with van der Waals surface area (Å²) in [5.41, 5.74) is -1.08. The molecule has 20 heavy (non-hydrogen) atoms. The number of halogens is 4. The van der Waals surface area contributed by atoms with Crippen LogP contribution in [0.2, 0.25) is 5.02 Å². The zero-order chi connectivity index (χ0) is 14.9. The van der Waals surface area contributed by atoms with Crippen molar-refractivity contribution in [2.24, 2.45) is 0 Å². The molecule has 0 saturated heterocycles. The molecule has 0 atom stereocenters. The third kappa shape index (κ3) is 3.11. The lowest BCUT2D eigenvalue weighted by molar-refractivity contribution is -0.137. The van der Waals surface area contributed by atoms with Crippen molar-refractivity contribution >= 4 is 23.2 Å². The summed E-state index contributed by atoms with van der Waals surface area (Å²) in [6.45, 7) is 1.58. The third-order valence-electron chi connectivity index (χ3n) is 2.36. The van der Waals surface area contributed by atoms with Gasteiger partial charge in [-0.25, -0.2) is 4.98 Å². The molecule has 0 radical (unpaired) electrons. The van der Waals surface area contributed by atoms with Gasteiger partial charge in [0.05, 0.1) is 22.5 Å². The lowest BCUT2D eigenvalue weighted by Gasteiger charge is -2.10. The first-order valence-electron chi connectivity index (χ1n) is 5.38. The van der Waals surface area contributed by atoms with E-state index in [1.807, 2.05) is 0 Å². The van der Waals surface area contributed by atoms with Gasteiger partial charge in [-0.05, 0) is 25.1 Å². The molecule has 0 spiro atoms. The molecule has 2 rings (SSSR count). The quantitative estimate of drug-likeness (QED) is 0.915. The molecule has 1 aromatic carbocycles. The van der Waals surface area contributed by atoms with Gasteiger partial charge in [0.2, 0.25) is 0 Å². The summed E-state index contributed by atoms with van der Waals surface area (Å²) in [7, 11) is 0. The maximum atomic E-state index is 12.6. The highest BCUT2D eigenvalue weighted by molar-refractivity contribution is 6.33. The molecule has 0 aliphatic rings. The number of nitrogens with zero attached hydrogens (tertiary/aromatic N) is 1. The van der Waals surface area contributed by atoms with Gasteiger partial charge in [0, 0.05) is 0 Å². The van der Waals surface area contributed by atoms with E-state index in [-0.39, 0.29) is 16.6 Å². The fourth-order valence-corrected chi connectivity index (χ4v) is 1.60. The van der Waals surface area contributed by atoms with Gasteiger partial charge in [0.15, 0.2) is 0 Å². The lowest BCUT2D eigenvalue weighted by Crippen LogP contribution is -2.14. The van der Waals surface area contributed by atoms with E-state index in [9.17, 15) is 18.0 Å². The minimum absolute atomic E-state index is 0.0189. The molecule has 0 unspecified atom stereocenters. The van der Waals surface area contributed by atoms with Crippen LogP contribution < -0.4 is 5.32 Å². The second-order valence-electron chi connectivity index (χ2n) is 3.92. The Kier molecular flexibility index (Phi) is 3.71. The Morgan fingerprint density at radius 2 is 2.10 bits per heavy atom. The minimum Gasteiger partial charge on any atom is -0.438 e. The molecule has 0 bridgehead atoms. The number of anilines is 1. The monoisotopic (exact) mass is 304 g/mol. The molecule has 0 aliphatic heterocycles. The van der Waals surface area contributed by atoms with Crippen LogP contribution in [0.25, 0.3) is 0 Å². The van der Waals surface area contributed by atoms with Gasteiger partial charge in [0.25, 0.3) is 5.89 Å². The summed E-state index contributed by atoms with van der Waals surface area (Å²) < 4.78 is 42.7. The summed E-state index contributed by atoms with van der Waals surface area (Å²) in [5.74, 6) is -0.624. The molecule has 0 fully saturated rings. The largest absolute Gasteiger partial charge is 0.438 e.